The molecule has 0 fully saturated rings. The van der Waals surface area contributed by atoms with E-state index in [4.69, 9.17) is 24.1 Å². The van der Waals surface area contributed by atoms with E-state index in [9.17, 15) is 22.8 Å². The van der Waals surface area contributed by atoms with Crippen LogP contribution in [0.4, 0.5) is 13.2 Å². The molecule has 2 aromatic carbocycles. The predicted octanol–water partition coefficient (Wildman–Crippen LogP) is 4.02. The molecule has 0 unspecified atom stereocenters. The summed E-state index contributed by atoms with van der Waals surface area (Å²) in [5, 5.41) is 8.96. The number of nitrogens with one attached hydrogen (secondary N) is 2. The second-order valence-corrected chi connectivity index (χ2v) is 10.6. The zero-order valence-corrected chi connectivity index (χ0v) is 23.9. The summed E-state index contributed by atoms with van der Waals surface area (Å²) in [6.45, 7) is 3.89. The van der Waals surface area contributed by atoms with Crippen LogP contribution in [0.25, 0.3) is 0 Å². The summed E-state index contributed by atoms with van der Waals surface area (Å²) in [5.41, 5.74) is 2.27. The highest BCUT2D eigenvalue weighted by molar-refractivity contribution is 6.01. The van der Waals surface area contributed by atoms with Crippen LogP contribution in [0.1, 0.15) is 57.3 Å². The summed E-state index contributed by atoms with van der Waals surface area (Å²) in [4.78, 5) is 31.1. The maximum Gasteiger partial charge on any atom is 0.402 e. The van der Waals surface area contributed by atoms with Crippen molar-refractivity contribution >= 4 is 17.8 Å². The number of halogens is 3. The molecule has 230 valence electrons. The molecule has 3 N–H and O–H groups in total. The average Bonchev–Trinajstić information content (AvgIpc) is 3.32. The number of aliphatic hydroxyl groups excluding tert-OH is 1. The zero-order chi connectivity index (χ0) is 31.0. The fourth-order valence-electron chi connectivity index (χ4n) is 4.19. The van der Waals surface area contributed by atoms with E-state index < -0.39 is 41.8 Å². The number of carbonyl (C=O) groups is 2. The Hall–Kier alpha value is -3.84. The van der Waals surface area contributed by atoms with Gasteiger partial charge in [0.15, 0.2) is 11.6 Å². The zero-order valence-electron chi connectivity index (χ0n) is 23.9. The van der Waals surface area contributed by atoms with Crippen molar-refractivity contribution in [1.29, 1.82) is 0 Å². The fraction of sp³-hybridized carbons (Fsp3) is 0.483. The van der Waals surface area contributed by atoms with E-state index in [2.05, 4.69) is 10.4 Å². The van der Waals surface area contributed by atoms with Crippen molar-refractivity contribution in [2.75, 3.05) is 26.9 Å². The smallest absolute Gasteiger partial charge is 0.402 e. The first-order valence-corrected chi connectivity index (χ1v) is 13.3. The average molecular weight is 596 g/mol. The molecule has 13 heteroatoms. The van der Waals surface area contributed by atoms with Crippen LogP contribution >= 0.6 is 0 Å². The molecular weight excluding hydrogens is 559 g/mol. The molecule has 0 radical (unpaired) electrons. The number of hydrogen-bond donors (Lipinski definition) is 3. The summed E-state index contributed by atoms with van der Waals surface area (Å²) < 4.78 is 61.2. The maximum atomic E-state index is 13.7. The Bertz CT molecular complexity index is 1250. The van der Waals surface area contributed by atoms with Crippen molar-refractivity contribution in [2.45, 2.75) is 63.5 Å². The number of benzene rings is 2. The van der Waals surface area contributed by atoms with Gasteiger partial charge in [0.05, 0.1) is 13.7 Å². The molecule has 0 saturated carbocycles. The van der Waals surface area contributed by atoms with Crippen LogP contribution in [0.2, 0.25) is 0 Å². The second-order valence-electron chi connectivity index (χ2n) is 10.6. The fourth-order valence-corrected chi connectivity index (χ4v) is 4.19. The molecule has 0 saturated heterocycles. The number of amides is 1. The summed E-state index contributed by atoms with van der Waals surface area (Å²) in [6.07, 6.45) is -5.79. The third-order valence-electron chi connectivity index (χ3n) is 6.05. The first-order chi connectivity index (χ1) is 19.8. The number of hydrazine groups is 1. The van der Waals surface area contributed by atoms with E-state index in [-0.39, 0.29) is 25.3 Å². The molecule has 1 heterocycles. The lowest BCUT2D eigenvalue weighted by molar-refractivity contribution is -0.155. The maximum absolute atomic E-state index is 13.7. The Morgan fingerprint density at radius 2 is 1.81 bits per heavy atom. The van der Waals surface area contributed by atoms with Crippen molar-refractivity contribution in [1.82, 2.24) is 10.9 Å². The third kappa shape index (κ3) is 9.08. The second kappa shape index (κ2) is 13.9. The highest BCUT2D eigenvalue weighted by Crippen LogP contribution is 2.44. The first-order valence-electron chi connectivity index (χ1n) is 13.3. The van der Waals surface area contributed by atoms with Crippen LogP contribution in [0.5, 0.6) is 11.5 Å². The van der Waals surface area contributed by atoms with Gasteiger partial charge in [-0.05, 0) is 69.2 Å². The molecule has 42 heavy (non-hydrogen) atoms. The number of methoxy groups -OCH3 is 1. The summed E-state index contributed by atoms with van der Waals surface area (Å²) >= 11 is 0. The van der Waals surface area contributed by atoms with Gasteiger partial charge in [0.2, 0.25) is 5.90 Å². The molecule has 2 aromatic rings. The molecule has 1 amide bonds. The van der Waals surface area contributed by atoms with Gasteiger partial charge < -0.3 is 24.1 Å². The van der Waals surface area contributed by atoms with Crippen molar-refractivity contribution in [3.8, 4) is 11.5 Å². The number of alkyl halides is 3. The lowest BCUT2D eigenvalue weighted by Gasteiger charge is -2.31. The van der Waals surface area contributed by atoms with E-state index in [0.29, 0.717) is 35.7 Å². The molecule has 2 atom stereocenters. The molecule has 10 nitrogen and oxygen atoms in total. The highest BCUT2D eigenvalue weighted by atomic mass is 19.4. The first kappa shape index (κ1) is 32.7. The van der Waals surface area contributed by atoms with E-state index >= 15 is 0 Å². The van der Waals surface area contributed by atoms with Gasteiger partial charge in [-0.15, -0.1) is 0 Å². The van der Waals surface area contributed by atoms with Gasteiger partial charge in [0.1, 0.15) is 23.6 Å². The van der Waals surface area contributed by atoms with Gasteiger partial charge in [-0.3, -0.25) is 15.0 Å². The summed E-state index contributed by atoms with van der Waals surface area (Å²) in [7, 11) is 1.46. The number of aliphatic hydroxyl groups is 1. The quantitative estimate of drug-likeness (QED) is 0.180. The van der Waals surface area contributed by atoms with E-state index in [1.165, 1.54) is 7.11 Å². The van der Waals surface area contributed by atoms with Crippen LogP contribution in [0.3, 0.4) is 0 Å². The normalized spacial score (nSPS) is 18.6. The SMILES string of the molecule is COc1cccc([C@@H]2OC(c3ccc(OCCCO)cc3)=N[C@]2(CCC(=O)OC(C)(C)C)C(=O)NNCC(F)(F)F)c1. The number of aliphatic imine (C=N–C) groups is 1. The largest absolute Gasteiger partial charge is 0.497 e. The third-order valence-corrected chi connectivity index (χ3v) is 6.05. The number of hydrogen-bond acceptors (Lipinski definition) is 9. The van der Waals surface area contributed by atoms with Gasteiger partial charge in [0, 0.05) is 25.0 Å². The number of rotatable bonds is 13. The van der Waals surface area contributed by atoms with Gasteiger partial charge in [0.25, 0.3) is 5.91 Å². The predicted molar refractivity (Wildman–Crippen MR) is 147 cm³/mol. The number of carbonyl (C=O) groups excluding carboxylic acids is 2. The van der Waals surface area contributed by atoms with Crippen molar-refractivity contribution in [2.24, 2.45) is 4.99 Å². The Balaban J connectivity index is 2.03. The minimum atomic E-state index is -4.59. The molecule has 0 bridgehead atoms. The minimum absolute atomic E-state index is 0.0142. The summed E-state index contributed by atoms with van der Waals surface area (Å²) in [5.74, 6) is -0.525. The molecule has 0 aliphatic carbocycles. The lowest BCUT2D eigenvalue weighted by atomic mass is 9.83. The minimum Gasteiger partial charge on any atom is -0.497 e. The molecule has 1 aliphatic heterocycles. The monoisotopic (exact) mass is 595 g/mol. The van der Waals surface area contributed by atoms with Crippen LogP contribution in [0, 0.1) is 0 Å². The standard InChI is InChI=1S/C29H36F3N3O7/c1-27(2,3)42-23(37)13-14-28(26(38)35-33-18-29(30,31)32)24(20-7-5-8-22(17-20)39-4)41-25(34-28)19-9-11-21(12-10-19)40-16-6-15-36/h5,7-12,17,24,33,36H,6,13-16,18H2,1-4H3,(H,35,38)/t24-,28-/m0/s1. The Morgan fingerprint density at radius 1 is 1.10 bits per heavy atom. The number of nitrogens with zero attached hydrogens (tertiary/aromatic N) is 1. The topological polar surface area (TPSA) is 128 Å². The van der Waals surface area contributed by atoms with Gasteiger partial charge in [-0.25, -0.2) is 10.4 Å². The molecular formula is C29H36F3N3O7. The van der Waals surface area contributed by atoms with Crippen molar-refractivity contribution in [3.05, 3.63) is 59.7 Å². The number of esters is 1. The van der Waals surface area contributed by atoms with Gasteiger partial charge >= 0.3 is 12.1 Å². The lowest BCUT2D eigenvalue weighted by Crippen LogP contribution is -2.54. The molecule has 0 spiro atoms. The van der Waals surface area contributed by atoms with E-state index in [1.807, 2.05) is 5.43 Å². The van der Waals surface area contributed by atoms with Crippen LogP contribution in [0.15, 0.2) is 53.5 Å². The number of ether oxygens (including phenoxy) is 4. The Labute approximate surface area is 242 Å². The van der Waals surface area contributed by atoms with E-state index in [1.54, 1.807) is 69.3 Å². The van der Waals surface area contributed by atoms with Crippen LogP contribution < -0.4 is 20.3 Å². The van der Waals surface area contributed by atoms with Crippen molar-refractivity contribution < 1.29 is 46.8 Å². The van der Waals surface area contributed by atoms with Gasteiger partial charge in [-0.2, -0.15) is 13.2 Å². The van der Waals surface area contributed by atoms with Gasteiger partial charge in [-0.1, -0.05) is 12.1 Å². The molecule has 0 aromatic heterocycles. The molecule has 1 aliphatic rings. The molecule has 3 rings (SSSR count). The highest BCUT2D eigenvalue weighted by Gasteiger charge is 2.53. The van der Waals surface area contributed by atoms with Crippen molar-refractivity contribution in [3.63, 3.8) is 0 Å². The Kier molecular flexibility index (Phi) is 10.8. The van der Waals surface area contributed by atoms with E-state index in [0.717, 1.165) is 0 Å². The Morgan fingerprint density at radius 3 is 2.43 bits per heavy atom. The summed E-state index contributed by atoms with van der Waals surface area (Å²) in [6, 6.07) is 13.3. The van der Waals surface area contributed by atoms with Crippen LogP contribution in [-0.2, 0) is 19.1 Å². The van der Waals surface area contributed by atoms with Crippen LogP contribution in [-0.4, -0.2) is 67.1 Å².